The molecule has 0 saturated carbocycles. The summed E-state index contributed by atoms with van der Waals surface area (Å²) in [5.74, 6) is 0.341. The van der Waals surface area contributed by atoms with Crippen molar-refractivity contribution in [2.45, 2.75) is 18.2 Å². The van der Waals surface area contributed by atoms with Crippen molar-refractivity contribution < 1.29 is 19.7 Å². The van der Waals surface area contributed by atoms with E-state index >= 15 is 0 Å². The highest BCUT2D eigenvalue weighted by molar-refractivity contribution is 6.14. The minimum absolute atomic E-state index is 0.209. The summed E-state index contributed by atoms with van der Waals surface area (Å²) < 4.78 is 7.44. The second-order valence-electron chi connectivity index (χ2n) is 9.43. The van der Waals surface area contributed by atoms with Gasteiger partial charge in [-0.25, -0.2) is 4.98 Å². The molecule has 38 heavy (non-hydrogen) atoms. The van der Waals surface area contributed by atoms with Gasteiger partial charge in [0.25, 0.3) is 5.91 Å². The van der Waals surface area contributed by atoms with Gasteiger partial charge < -0.3 is 30.6 Å². The minimum atomic E-state index is -0.913. The van der Waals surface area contributed by atoms with Crippen LogP contribution in [0, 0.1) is 0 Å². The van der Waals surface area contributed by atoms with Gasteiger partial charge in [-0.1, -0.05) is 12.1 Å². The first-order valence-electron chi connectivity index (χ1n) is 12.2. The van der Waals surface area contributed by atoms with E-state index in [0.29, 0.717) is 23.5 Å². The minimum Gasteiger partial charge on any atom is -0.494 e. The zero-order valence-corrected chi connectivity index (χ0v) is 20.8. The Labute approximate surface area is 217 Å². The molecule has 194 valence electrons. The number of carbonyl (C=O) groups excluding carboxylic acids is 1. The molecule has 0 radical (unpaired) electrons. The van der Waals surface area contributed by atoms with Crippen LogP contribution < -0.4 is 15.4 Å². The molecule has 3 atom stereocenters. The van der Waals surface area contributed by atoms with Crippen molar-refractivity contribution >= 4 is 27.8 Å². The lowest BCUT2D eigenvalue weighted by atomic mass is 9.99. The summed E-state index contributed by atoms with van der Waals surface area (Å²) in [5.41, 5.74) is 5.45. The average Bonchev–Trinajstić information content (AvgIpc) is 3.63. The number of fused-ring (bicyclic) bond motifs is 3. The quantitative estimate of drug-likeness (QED) is 0.230. The molecule has 5 aromatic rings. The monoisotopic (exact) mass is 513 g/mol. The summed E-state index contributed by atoms with van der Waals surface area (Å²) in [6, 6.07) is 8.87. The number of amides is 1. The van der Waals surface area contributed by atoms with Gasteiger partial charge in [-0.15, -0.1) is 0 Å². The lowest BCUT2D eigenvalue weighted by molar-refractivity contribution is 0.0404. The highest BCUT2D eigenvalue weighted by Gasteiger charge is 2.33. The van der Waals surface area contributed by atoms with E-state index < -0.39 is 18.2 Å². The lowest BCUT2D eigenvalue weighted by Gasteiger charge is -2.16. The number of H-pyrrole nitrogens is 1. The van der Waals surface area contributed by atoms with E-state index in [1.807, 2.05) is 31.4 Å². The third kappa shape index (κ3) is 4.16. The predicted molar refractivity (Wildman–Crippen MR) is 142 cm³/mol. The fourth-order valence-corrected chi connectivity index (χ4v) is 4.96. The molecule has 11 heteroatoms. The summed E-state index contributed by atoms with van der Waals surface area (Å²) in [5, 5.41) is 31.6. The molecule has 1 aliphatic heterocycles. The van der Waals surface area contributed by atoms with Crippen molar-refractivity contribution in [2.24, 2.45) is 7.05 Å². The number of aromatic amines is 1. The molecule has 11 nitrogen and oxygen atoms in total. The zero-order valence-electron chi connectivity index (χ0n) is 20.8. The number of hydrogen-bond donors (Lipinski definition) is 5. The maximum atomic E-state index is 12.7. The molecule has 4 aromatic heterocycles. The fourth-order valence-electron chi connectivity index (χ4n) is 4.96. The van der Waals surface area contributed by atoms with Crippen LogP contribution in [-0.4, -0.2) is 79.3 Å². The van der Waals surface area contributed by atoms with Crippen molar-refractivity contribution in [1.82, 2.24) is 35.4 Å². The average molecular weight is 514 g/mol. The van der Waals surface area contributed by atoms with Crippen molar-refractivity contribution in [3.8, 4) is 28.1 Å². The van der Waals surface area contributed by atoms with Crippen LogP contribution in [0.4, 0.5) is 0 Å². The summed E-state index contributed by atoms with van der Waals surface area (Å²) in [6.07, 6.45) is 5.42. The van der Waals surface area contributed by atoms with Crippen LogP contribution in [0.2, 0.25) is 0 Å². The van der Waals surface area contributed by atoms with Crippen LogP contribution >= 0.6 is 0 Å². The molecule has 1 fully saturated rings. The number of aliphatic hydroxyl groups is 2. The topological polar surface area (TPSA) is 150 Å². The van der Waals surface area contributed by atoms with E-state index in [-0.39, 0.29) is 12.5 Å². The van der Waals surface area contributed by atoms with Gasteiger partial charge >= 0.3 is 0 Å². The van der Waals surface area contributed by atoms with Crippen LogP contribution in [0.25, 0.3) is 44.3 Å². The van der Waals surface area contributed by atoms with Gasteiger partial charge in [0, 0.05) is 53.8 Å². The molecule has 6 rings (SSSR count). The number of rotatable bonds is 6. The molecule has 1 aromatic carbocycles. The third-order valence-corrected chi connectivity index (χ3v) is 7.00. The smallest absolute Gasteiger partial charge is 0.251 e. The molecular weight excluding hydrogens is 486 g/mol. The van der Waals surface area contributed by atoms with E-state index in [9.17, 15) is 15.0 Å². The van der Waals surface area contributed by atoms with E-state index in [1.54, 1.807) is 42.5 Å². The first kappa shape index (κ1) is 24.0. The Bertz CT molecular complexity index is 1640. The van der Waals surface area contributed by atoms with Crippen molar-refractivity contribution in [3.63, 3.8) is 0 Å². The molecule has 1 aliphatic rings. The number of benzene rings is 1. The summed E-state index contributed by atoms with van der Waals surface area (Å²) in [4.78, 5) is 25.3. The largest absolute Gasteiger partial charge is 0.494 e. The molecule has 0 aliphatic carbocycles. The van der Waals surface area contributed by atoms with Crippen LogP contribution in [0.5, 0.6) is 5.75 Å². The number of hydrogen-bond acceptors (Lipinski definition) is 8. The molecule has 1 amide bonds. The van der Waals surface area contributed by atoms with Gasteiger partial charge in [0.05, 0.1) is 55.2 Å². The number of carbonyl (C=O) groups is 1. The van der Waals surface area contributed by atoms with E-state index in [2.05, 4.69) is 30.7 Å². The number of methoxy groups -OCH3 is 1. The maximum absolute atomic E-state index is 12.7. The Morgan fingerprint density at radius 3 is 2.66 bits per heavy atom. The van der Waals surface area contributed by atoms with Crippen molar-refractivity contribution in [2.75, 3.05) is 20.2 Å². The predicted octanol–water partition coefficient (Wildman–Crippen LogP) is 1.61. The van der Waals surface area contributed by atoms with E-state index in [4.69, 9.17) is 4.74 Å². The molecule has 5 heterocycles. The van der Waals surface area contributed by atoms with Crippen LogP contribution in [-0.2, 0) is 7.05 Å². The first-order valence-corrected chi connectivity index (χ1v) is 12.2. The Morgan fingerprint density at radius 2 is 1.97 bits per heavy atom. The van der Waals surface area contributed by atoms with Crippen LogP contribution in [0.1, 0.15) is 10.4 Å². The number of aryl methyl sites for hydroxylation is 1. The number of nitrogens with one attached hydrogen (secondary N) is 3. The molecule has 0 unspecified atom stereocenters. The third-order valence-electron chi connectivity index (χ3n) is 7.00. The van der Waals surface area contributed by atoms with Crippen LogP contribution in [0.15, 0.2) is 55.1 Å². The number of ether oxygens (including phenoxy) is 1. The molecule has 5 N–H and O–H groups in total. The Kier molecular flexibility index (Phi) is 6.03. The van der Waals surface area contributed by atoms with Gasteiger partial charge in [-0.05, 0) is 23.8 Å². The number of β-amino-alcohol motifs (C(OH)–C–C–N with tert-alkyl or cyclic N) is 1. The highest BCUT2D eigenvalue weighted by atomic mass is 16.5. The SMILES string of the molecule is COc1cnc2[nH]c3cnc(-c4cnn(C)c4)cc3c2c1-c1ccc(C(=O)NC[C@H]2NC[C@H](O)[C@@H]2O)cc1. The van der Waals surface area contributed by atoms with Gasteiger partial charge in [-0.3, -0.25) is 14.5 Å². The standard InChI is InChI=1S/C27H27N7O4/c1-34-13-16(8-32-34)18-7-17-19(9-28-18)33-26-24(17)23(22(38-2)12-30-26)14-3-5-15(6-4-14)27(37)31-10-20-25(36)21(35)11-29-20/h3-9,12-13,20-21,25,29,35-36H,10-11H2,1-2H3,(H,30,33)(H,31,37)/t20-,21+,25-/m1/s1. The zero-order chi connectivity index (χ0) is 26.4. The second kappa shape index (κ2) is 9.53. The Balaban J connectivity index is 1.35. The maximum Gasteiger partial charge on any atom is 0.251 e. The van der Waals surface area contributed by atoms with Gasteiger partial charge in [0.1, 0.15) is 11.4 Å². The molecule has 0 bridgehead atoms. The Morgan fingerprint density at radius 1 is 1.16 bits per heavy atom. The van der Waals surface area contributed by atoms with Crippen molar-refractivity contribution in [1.29, 1.82) is 0 Å². The molecule has 1 saturated heterocycles. The van der Waals surface area contributed by atoms with Gasteiger partial charge in [0.15, 0.2) is 0 Å². The number of aliphatic hydroxyl groups excluding tert-OH is 2. The van der Waals surface area contributed by atoms with Gasteiger partial charge in [0.2, 0.25) is 0 Å². The van der Waals surface area contributed by atoms with Crippen LogP contribution in [0.3, 0.4) is 0 Å². The molecule has 0 spiro atoms. The molecular formula is C27H27N7O4. The summed E-state index contributed by atoms with van der Waals surface area (Å²) >= 11 is 0. The van der Waals surface area contributed by atoms with E-state index in [0.717, 1.165) is 38.7 Å². The fraction of sp³-hybridized carbons (Fsp3) is 0.259. The normalized spacial score (nSPS) is 19.3. The number of nitrogens with zero attached hydrogens (tertiary/aromatic N) is 4. The number of aromatic nitrogens is 5. The van der Waals surface area contributed by atoms with E-state index in [1.165, 1.54) is 0 Å². The summed E-state index contributed by atoms with van der Waals surface area (Å²) in [6.45, 7) is 0.506. The number of pyridine rings is 2. The van der Waals surface area contributed by atoms with Gasteiger partial charge in [-0.2, -0.15) is 5.10 Å². The van der Waals surface area contributed by atoms with Crippen molar-refractivity contribution in [3.05, 3.63) is 60.7 Å². The second-order valence-corrected chi connectivity index (χ2v) is 9.43. The lowest BCUT2D eigenvalue weighted by Crippen LogP contribution is -2.43. The highest BCUT2D eigenvalue weighted by Crippen LogP contribution is 2.40. The first-order chi connectivity index (χ1) is 18.4. The Hall–Kier alpha value is -4.32. The summed E-state index contributed by atoms with van der Waals surface area (Å²) in [7, 11) is 3.47.